The van der Waals surface area contributed by atoms with Crippen molar-refractivity contribution in [2.24, 2.45) is 5.41 Å². The summed E-state index contributed by atoms with van der Waals surface area (Å²) < 4.78 is 0. The Bertz CT molecular complexity index is 283. The molecule has 1 fully saturated rings. The maximum absolute atomic E-state index is 12.2. The van der Waals surface area contributed by atoms with Crippen molar-refractivity contribution >= 4 is 11.9 Å². The monoisotopic (exact) mass is 255 g/mol. The highest BCUT2D eigenvalue weighted by molar-refractivity contribution is 5.82. The SMILES string of the molecule is CCC1(C(=O)NCCCCC(=O)O)CCCCC1. The van der Waals surface area contributed by atoms with Crippen molar-refractivity contribution in [2.45, 2.75) is 64.7 Å². The maximum Gasteiger partial charge on any atom is 0.303 e. The van der Waals surface area contributed by atoms with Crippen molar-refractivity contribution < 1.29 is 14.7 Å². The Morgan fingerprint density at radius 1 is 1.17 bits per heavy atom. The summed E-state index contributed by atoms with van der Waals surface area (Å²) in [6.45, 7) is 2.70. The van der Waals surface area contributed by atoms with Crippen molar-refractivity contribution in [3.8, 4) is 0 Å². The maximum atomic E-state index is 12.2. The number of carbonyl (C=O) groups excluding carboxylic acids is 1. The van der Waals surface area contributed by atoms with Crippen molar-refractivity contribution in [3.63, 3.8) is 0 Å². The molecule has 0 atom stereocenters. The van der Waals surface area contributed by atoms with Crippen LogP contribution in [0.2, 0.25) is 0 Å². The highest BCUT2D eigenvalue weighted by atomic mass is 16.4. The molecule has 0 aromatic heterocycles. The number of carboxylic acids is 1. The number of nitrogens with one attached hydrogen (secondary N) is 1. The van der Waals surface area contributed by atoms with E-state index in [0.29, 0.717) is 13.0 Å². The van der Waals surface area contributed by atoms with Gasteiger partial charge in [0.1, 0.15) is 0 Å². The van der Waals surface area contributed by atoms with Crippen LogP contribution in [0.25, 0.3) is 0 Å². The van der Waals surface area contributed by atoms with Crippen LogP contribution in [0.1, 0.15) is 64.7 Å². The number of carbonyl (C=O) groups is 2. The third kappa shape index (κ3) is 4.31. The van der Waals surface area contributed by atoms with Crippen LogP contribution in [0.4, 0.5) is 0 Å². The van der Waals surface area contributed by atoms with Crippen molar-refractivity contribution in [1.29, 1.82) is 0 Å². The predicted molar refractivity (Wildman–Crippen MR) is 70.3 cm³/mol. The van der Waals surface area contributed by atoms with Crippen LogP contribution in [0.5, 0.6) is 0 Å². The zero-order chi connectivity index (χ0) is 13.4. The lowest BCUT2D eigenvalue weighted by Gasteiger charge is -2.34. The van der Waals surface area contributed by atoms with E-state index in [2.05, 4.69) is 12.2 Å². The minimum atomic E-state index is -0.765. The van der Waals surface area contributed by atoms with E-state index in [-0.39, 0.29) is 17.7 Å². The van der Waals surface area contributed by atoms with E-state index in [4.69, 9.17) is 5.11 Å². The molecule has 0 aromatic rings. The van der Waals surface area contributed by atoms with Gasteiger partial charge in [-0.2, -0.15) is 0 Å². The normalized spacial score (nSPS) is 18.3. The molecule has 18 heavy (non-hydrogen) atoms. The number of carboxylic acid groups (broad SMARTS) is 1. The molecule has 0 aliphatic heterocycles. The Morgan fingerprint density at radius 2 is 1.83 bits per heavy atom. The number of hydrogen-bond donors (Lipinski definition) is 2. The summed E-state index contributed by atoms with van der Waals surface area (Å²) in [5.41, 5.74) is -0.148. The Morgan fingerprint density at radius 3 is 2.39 bits per heavy atom. The second-order valence-electron chi connectivity index (χ2n) is 5.30. The van der Waals surface area contributed by atoms with Crippen LogP contribution in [0.15, 0.2) is 0 Å². The Labute approximate surface area is 109 Å². The number of amides is 1. The fourth-order valence-corrected chi connectivity index (χ4v) is 2.76. The van der Waals surface area contributed by atoms with Gasteiger partial charge >= 0.3 is 5.97 Å². The fraction of sp³-hybridized carbons (Fsp3) is 0.857. The zero-order valence-corrected chi connectivity index (χ0v) is 11.3. The van der Waals surface area contributed by atoms with E-state index in [1.807, 2.05) is 0 Å². The molecule has 0 unspecified atom stereocenters. The van der Waals surface area contributed by atoms with Crippen LogP contribution >= 0.6 is 0 Å². The first-order chi connectivity index (χ1) is 8.60. The van der Waals surface area contributed by atoms with E-state index >= 15 is 0 Å². The van der Waals surface area contributed by atoms with E-state index in [1.165, 1.54) is 6.42 Å². The molecule has 0 aromatic carbocycles. The Kier molecular flexibility index (Phi) is 6.16. The van der Waals surface area contributed by atoms with Crippen LogP contribution in [0, 0.1) is 5.41 Å². The van der Waals surface area contributed by atoms with Gasteiger partial charge in [-0.05, 0) is 32.1 Å². The van der Waals surface area contributed by atoms with Crippen LogP contribution in [0.3, 0.4) is 0 Å². The molecule has 0 spiro atoms. The van der Waals surface area contributed by atoms with Gasteiger partial charge in [0, 0.05) is 18.4 Å². The second kappa shape index (κ2) is 7.39. The average molecular weight is 255 g/mol. The molecule has 0 heterocycles. The quantitative estimate of drug-likeness (QED) is 0.687. The molecular formula is C14H25NO3. The minimum absolute atomic E-state index is 0.148. The van der Waals surface area contributed by atoms with Crippen LogP contribution < -0.4 is 5.32 Å². The fourth-order valence-electron chi connectivity index (χ4n) is 2.76. The molecule has 0 saturated heterocycles. The average Bonchev–Trinajstić information content (AvgIpc) is 2.38. The first-order valence-electron chi connectivity index (χ1n) is 7.11. The molecule has 1 aliphatic rings. The summed E-state index contributed by atoms with van der Waals surface area (Å²) >= 11 is 0. The lowest BCUT2D eigenvalue weighted by molar-refractivity contribution is -0.137. The summed E-state index contributed by atoms with van der Waals surface area (Å²) in [6.07, 6.45) is 8.04. The van der Waals surface area contributed by atoms with Crippen molar-refractivity contribution in [1.82, 2.24) is 5.32 Å². The number of unbranched alkanes of at least 4 members (excludes halogenated alkanes) is 1. The van der Waals surface area contributed by atoms with Gasteiger partial charge in [-0.15, -0.1) is 0 Å². The highest BCUT2D eigenvalue weighted by Gasteiger charge is 2.37. The van der Waals surface area contributed by atoms with Crippen molar-refractivity contribution in [2.75, 3.05) is 6.54 Å². The first-order valence-corrected chi connectivity index (χ1v) is 7.11. The summed E-state index contributed by atoms with van der Waals surface area (Å²) in [4.78, 5) is 22.6. The van der Waals surface area contributed by atoms with Gasteiger partial charge in [0.2, 0.25) is 5.91 Å². The largest absolute Gasteiger partial charge is 0.481 e. The molecule has 1 aliphatic carbocycles. The molecular weight excluding hydrogens is 230 g/mol. The molecule has 0 bridgehead atoms. The molecule has 104 valence electrons. The zero-order valence-electron chi connectivity index (χ0n) is 11.3. The third-order valence-corrected chi connectivity index (χ3v) is 4.07. The van der Waals surface area contributed by atoms with Gasteiger partial charge in [-0.3, -0.25) is 9.59 Å². The summed E-state index contributed by atoms with van der Waals surface area (Å²) in [6, 6.07) is 0. The molecule has 1 rings (SSSR count). The highest BCUT2D eigenvalue weighted by Crippen LogP contribution is 2.39. The second-order valence-corrected chi connectivity index (χ2v) is 5.30. The van der Waals surface area contributed by atoms with Gasteiger partial charge in [0.25, 0.3) is 0 Å². The van der Waals surface area contributed by atoms with Crippen LogP contribution in [-0.4, -0.2) is 23.5 Å². The van der Waals surface area contributed by atoms with Gasteiger partial charge in [-0.1, -0.05) is 26.2 Å². The number of rotatable bonds is 7. The predicted octanol–water partition coefficient (Wildman–Crippen LogP) is 2.72. The topological polar surface area (TPSA) is 66.4 Å². The Hall–Kier alpha value is -1.06. The smallest absolute Gasteiger partial charge is 0.303 e. The summed E-state index contributed by atoms with van der Waals surface area (Å²) in [5, 5.41) is 11.5. The van der Waals surface area contributed by atoms with Gasteiger partial charge in [-0.25, -0.2) is 0 Å². The molecule has 1 saturated carbocycles. The third-order valence-electron chi connectivity index (χ3n) is 4.07. The van der Waals surface area contributed by atoms with E-state index in [0.717, 1.165) is 38.5 Å². The lowest BCUT2D eigenvalue weighted by Crippen LogP contribution is -2.42. The van der Waals surface area contributed by atoms with Crippen molar-refractivity contribution in [3.05, 3.63) is 0 Å². The number of hydrogen-bond acceptors (Lipinski definition) is 2. The van der Waals surface area contributed by atoms with E-state index < -0.39 is 5.97 Å². The standard InChI is InChI=1S/C14H25NO3/c1-2-14(9-5-3-6-10-14)13(18)15-11-7-4-8-12(16)17/h2-11H2,1H3,(H,15,18)(H,16,17). The molecule has 2 N–H and O–H groups in total. The molecule has 4 nitrogen and oxygen atoms in total. The summed E-state index contributed by atoms with van der Waals surface area (Å²) in [5.74, 6) is -0.585. The first kappa shape index (κ1) is 15.0. The summed E-state index contributed by atoms with van der Waals surface area (Å²) in [7, 11) is 0. The van der Waals surface area contributed by atoms with Crippen LogP contribution in [-0.2, 0) is 9.59 Å². The molecule has 4 heteroatoms. The Balaban J connectivity index is 2.27. The number of aliphatic carboxylic acids is 1. The molecule has 1 amide bonds. The van der Waals surface area contributed by atoms with E-state index in [1.54, 1.807) is 0 Å². The van der Waals surface area contributed by atoms with Gasteiger partial charge in [0.15, 0.2) is 0 Å². The van der Waals surface area contributed by atoms with Gasteiger partial charge < -0.3 is 10.4 Å². The van der Waals surface area contributed by atoms with Gasteiger partial charge in [0.05, 0.1) is 0 Å². The van der Waals surface area contributed by atoms with E-state index in [9.17, 15) is 9.59 Å². The molecule has 0 radical (unpaired) electrons. The lowest BCUT2D eigenvalue weighted by atomic mass is 9.71. The minimum Gasteiger partial charge on any atom is -0.481 e.